The van der Waals surface area contributed by atoms with Crippen molar-refractivity contribution in [1.82, 2.24) is 25.5 Å². The molecule has 2 aliphatic rings. The number of pyridine rings is 1. The molecular formula is C22H22FN5O. The van der Waals surface area contributed by atoms with Gasteiger partial charge in [-0.2, -0.15) is 0 Å². The van der Waals surface area contributed by atoms with Crippen LogP contribution in [0.25, 0.3) is 28.2 Å². The summed E-state index contributed by atoms with van der Waals surface area (Å²) in [7, 11) is 0. The minimum absolute atomic E-state index is 0.0676. The molecular weight excluding hydrogens is 369 g/mol. The summed E-state index contributed by atoms with van der Waals surface area (Å²) in [6, 6.07) is 5.31. The van der Waals surface area contributed by atoms with Crippen molar-refractivity contribution < 1.29 is 9.50 Å². The molecule has 29 heavy (non-hydrogen) atoms. The molecule has 3 atom stereocenters. The minimum Gasteiger partial charge on any atom is -0.507 e. The van der Waals surface area contributed by atoms with Gasteiger partial charge in [-0.25, -0.2) is 9.37 Å². The molecule has 2 aromatic heterocycles. The zero-order chi connectivity index (χ0) is 20.2. The van der Waals surface area contributed by atoms with E-state index in [0.29, 0.717) is 23.5 Å². The Morgan fingerprint density at radius 1 is 1.17 bits per heavy atom. The van der Waals surface area contributed by atoms with Gasteiger partial charge in [0, 0.05) is 23.3 Å². The Morgan fingerprint density at radius 2 is 2.03 bits per heavy atom. The van der Waals surface area contributed by atoms with Crippen LogP contribution in [0.1, 0.15) is 38.8 Å². The van der Waals surface area contributed by atoms with E-state index in [-0.39, 0.29) is 11.3 Å². The van der Waals surface area contributed by atoms with Crippen molar-refractivity contribution in [2.75, 3.05) is 0 Å². The van der Waals surface area contributed by atoms with Crippen molar-refractivity contribution in [3.8, 4) is 17.1 Å². The molecule has 5 rings (SSSR count). The van der Waals surface area contributed by atoms with E-state index < -0.39 is 11.7 Å². The van der Waals surface area contributed by atoms with Gasteiger partial charge >= 0.3 is 0 Å². The molecule has 0 spiro atoms. The average Bonchev–Trinajstić information content (AvgIpc) is 2.98. The Labute approximate surface area is 167 Å². The lowest BCUT2D eigenvalue weighted by Gasteiger charge is -2.41. The van der Waals surface area contributed by atoms with Crippen molar-refractivity contribution in [2.24, 2.45) is 0 Å². The monoisotopic (exact) mass is 391 g/mol. The summed E-state index contributed by atoms with van der Waals surface area (Å²) in [4.78, 5) is 8.42. The zero-order valence-corrected chi connectivity index (χ0v) is 16.4. The fourth-order valence-corrected chi connectivity index (χ4v) is 4.71. The molecule has 2 saturated heterocycles. The first-order valence-corrected chi connectivity index (χ1v) is 9.76. The molecule has 2 aliphatic heterocycles. The Morgan fingerprint density at radius 3 is 2.83 bits per heavy atom. The molecule has 0 amide bonds. The highest BCUT2D eigenvalue weighted by Gasteiger charge is 2.53. The molecule has 7 heteroatoms. The number of fused-ring (bicyclic) bond motifs is 3. The van der Waals surface area contributed by atoms with Gasteiger partial charge in [0.2, 0.25) is 0 Å². The largest absolute Gasteiger partial charge is 0.507 e. The summed E-state index contributed by atoms with van der Waals surface area (Å²) in [5, 5.41) is 24.0. The van der Waals surface area contributed by atoms with Crippen molar-refractivity contribution >= 4 is 16.8 Å². The van der Waals surface area contributed by atoms with Crippen LogP contribution in [0.3, 0.4) is 0 Å². The van der Waals surface area contributed by atoms with Crippen LogP contribution >= 0.6 is 0 Å². The maximum absolute atomic E-state index is 15.1. The van der Waals surface area contributed by atoms with E-state index in [1.165, 1.54) is 0 Å². The number of phenolic OH excluding ortho intramolecular Hbond substituents is 1. The highest BCUT2D eigenvalue weighted by molar-refractivity contribution is 5.88. The molecule has 3 aromatic rings. The van der Waals surface area contributed by atoms with Gasteiger partial charge in [-0.3, -0.25) is 4.98 Å². The second-order valence-electron chi connectivity index (χ2n) is 8.66. The second kappa shape index (κ2) is 6.29. The predicted molar refractivity (Wildman–Crippen MR) is 109 cm³/mol. The molecule has 0 unspecified atom stereocenters. The maximum atomic E-state index is 15.1. The van der Waals surface area contributed by atoms with Crippen molar-refractivity contribution in [1.29, 1.82) is 0 Å². The first-order valence-electron chi connectivity index (χ1n) is 9.76. The molecule has 6 nitrogen and oxygen atoms in total. The van der Waals surface area contributed by atoms with Crippen LogP contribution in [0.4, 0.5) is 4.39 Å². The van der Waals surface area contributed by atoms with Gasteiger partial charge in [-0.15, -0.1) is 10.2 Å². The Kier molecular flexibility index (Phi) is 3.93. The molecule has 2 N–H and O–H groups in total. The van der Waals surface area contributed by atoms with Gasteiger partial charge in [-0.05, 0) is 68.3 Å². The van der Waals surface area contributed by atoms with Gasteiger partial charge in [0.05, 0.1) is 17.3 Å². The molecule has 2 bridgehead atoms. The fourth-order valence-electron chi connectivity index (χ4n) is 4.71. The van der Waals surface area contributed by atoms with Crippen molar-refractivity contribution in [3.63, 3.8) is 0 Å². The lowest BCUT2D eigenvalue weighted by molar-refractivity contribution is 0.160. The third-order valence-corrected chi connectivity index (χ3v) is 6.17. The average molecular weight is 391 g/mol. The summed E-state index contributed by atoms with van der Waals surface area (Å²) in [6.45, 7) is 4.09. The SMILES string of the molecule is C[C@@]12CC[C@@](C)(N1)[C@@H](F)/C(=C\c1cnc(-c3cc4ccncc4cc3O)nn1)C2. The number of halogens is 1. The van der Waals surface area contributed by atoms with Gasteiger partial charge < -0.3 is 10.4 Å². The number of aromatic hydroxyl groups is 1. The lowest BCUT2D eigenvalue weighted by atomic mass is 9.82. The number of aromatic nitrogens is 4. The second-order valence-corrected chi connectivity index (χ2v) is 8.66. The van der Waals surface area contributed by atoms with Crippen molar-refractivity contribution in [2.45, 2.75) is 50.4 Å². The van der Waals surface area contributed by atoms with E-state index in [1.807, 2.05) is 19.1 Å². The first kappa shape index (κ1) is 18.1. The first-order chi connectivity index (χ1) is 13.9. The van der Waals surface area contributed by atoms with E-state index in [9.17, 15) is 5.11 Å². The van der Waals surface area contributed by atoms with E-state index in [0.717, 1.165) is 29.2 Å². The van der Waals surface area contributed by atoms with Crippen molar-refractivity contribution in [3.05, 3.63) is 48.1 Å². The quantitative estimate of drug-likeness (QED) is 0.691. The molecule has 1 aromatic carbocycles. The van der Waals surface area contributed by atoms with E-state index in [1.54, 1.807) is 30.7 Å². The van der Waals surface area contributed by atoms with E-state index >= 15 is 4.39 Å². The van der Waals surface area contributed by atoms with Gasteiger partial charge in [-0.1, -0.05) is 0 Å². The summed E-state index contributed by atoms with van der Waals surface area (Å²) >= 11 is 0. The third-order valence-electron chi connectivity index (χ3n) is 6.17. The number of rotatable bonds is 2. The lowest BCUT2D eigenvalue weighted by Crippen LogP contribution is -2.57. The topological polar surface area (TPSA) is 83.8 Å². The summed E-state index contributed by atoms with van der Waals surface area (Å²) in [5.41, 5.74) is 1.15. The van der Waals surface area contributed by atoms with E-state index in [4.69, 9.17) is 0 Å². The molecule has 0 aliphatic carbocycles. The highest BCUT2D eigenvalue weighted by atomic mass is 19.1. The number of hydrogen-bond donors (Lipinski definition) is 2. The standard InChI is InChI=1S/C22H22FN5O/c1-21-4-5-22(2,28-21)19(23)14(10-21)7-16-12-25-20(27-26-16)17-8-13-3-6-24-11-15(13)9-18(17)29/h3,6-9,11-12,19,28-29H,4-5,10H2,1-2H3/b14-7-/t19-,21-,22+/m0/s1. The normalized spacial score (nSPS) is 30.2. The van der Waals surface area contributed by atoms with E-state index in [2.05, 4.69) is 32.4 Å². The Bertz CT molecular complexity index is 1130. The molecule has 2 fully saturated rings. The minimum atomic E-state index is -1.06. The molecule has 4 heterocycles. The number of benzene rings is 1. The van der Waals surface area contributed by atoms with Crippen LogP contribution in [-0.4, -0.2) is 42.5 Å². The smallest absolute Gasteiger partial charge is 0.185 e. The molecule has 148 valence electrons. The predicted octanol–water partition coefficient (Wildman–Crippen LogP) is 3.82. The Hall–Kier alpha value is -2.93. The van der Waals surface area contributed by atoms with Crippen LogP contribution in [-0.2, 0) is 0 Å². The van der Waals surface area contributed by atoms with Crippen LogP contribution in [0.2, 0.25) is 0 Å². The van der Waals surface area contributed by atoms with Crippen LogP contribution < -0.4 is 5.32 Å². The third kappa shape index (κ3) is 3.06. The highest BCUT2D eigenvalue weighted by Crippen LogP contribution is 2.46. The number of alkyl halides is 1. The Balaban J connectivity index is 1.47. The number of nitrogens with zero attached hydrogens (tertiary/aromatic N) is 4. The molecule has 0 saturated carbocycles. The summed E-state index contributed by atoms with van der Waals surface area (Å²) < 4.78 is 15.1. The van der Waals surface area contributed by atoms with Crippen LogP contribution in [0.15, 0.2) is 42.4 Å². The van der Waals surface area contributed by atoms with Crippen LogP contribution in [0.5, 0.6) is 5.75 Å². The van der Waals surface area contributed by atoms with Gasteiger partial charge in [0.25, 0.3) is 0 Å². The number of phenols is 1. The zero-order valence-electron chi connectivity index (χ0n) is 16.4. The number of piperidine rings is 1. The molecule has 0 radical (unpaired) electrons. The van der Waals surface area contributed by atoms with Gasteiger partial charge in [0.15, 0.2) is 5.82 Å². The summed E-state index contributed by atoms with van der Waals surface area (Å²) in [5.74, 6) is 0.391. The fraction of sp³-hybridized carbons (Fsp3) is 0.364. The maximum Gasteiger partial charge on any atom is 0.185 e. The number of hydrogen-bond acceptors (Lipinski definition) is 6. The summed E-state index contributed by atoms with van der Waals surface area (Å²) in [6.07, 6.45) is 8.09. The van der Waals surface area contributed by atoms with Gasteiger partial charge in [0.1, 0.15) is 17.6 Å². The van der Waals surface area contributed by atoms with Crippen LogP contribution in [0, 0.1) is 0 Å². The number of nitrogens with one attached hydrogen (secondary N) is 1.